The lowest BCUT2D eigenvalue weighted by molar-refractivity contribution is -0.394. The Morgan fingerprint density at radius 3 is 2.50 bits per heavy atom. The number of benzene rings is 1. The second-order valence-electron chi connectivity index (χ2n) is 3.49. The van der Waals surface area contributed by atoms with Gasteiger partial charge in [-0.05, 0) is 16.8 Å². The van der Waals surface area contributed by atoms with Crippen LogP contribution in [-0.4, -0.2) is 15.1 Å². The van der Waals surface area contributed by atoms with Crippen molar-refractivity contribution >= 4 is 22.7 Å². The summed E-state index contributed by atoms with van der Waals surface area (Å²) in [4.78, 5) is 21.5. The number of quaternary nitrogens is 1. The van der Waals surface area contributed by atoms with E-state index in [0.29, 0.717) is 0 Å². The van der Waals surface area contributed by atoms with E-state index in [9.17, 15) is 30.6 Å². The van der Waals surface area contributed by atoms with E-state index in [2.05, 4.69) is 4.94 Å². The third kappa shape index (κ3) is 1.54. The third-order valence-corrected chi connectivity index (χ3v) is 2.46. The van der Waals surface area contributed by atoms with Crippen molar-refractivity contribution in [1.82, 2.24) is 4.97 Å². The molecule has 1 aromatic rings. The lowest BCUT2D eigenvalue weighted by Crippen LogP contribution is -2.35. The van der Waals surface area contributed by atoms with Crippen LogP contribution in [0.25, 0.3) is 0 Å². The molecule has 1 heterocycles. The Hall–Kier alpha value is -2.34. The van der Waals surface area contributed by atoms with Crippen LogP contribution in [-0.2, 0) is 4.94 Å². The minimum Gasteiger partial charge on any atom is -0.557 e. The molecule has 0 radical (unpaired) electrons. The molecule has 2 N–H and O–H groups in total. The maximum atomic E-state index is 11.3. The van der Waals surface area contributed by atoms with Crippen LogP contribution in [0, 0.1) is 32.4 Å². The summed E-state index contributed by atoms with van der Waals surface area (Å²) in [5, 5.41) is 42.2. The van der Waals surface area contributed by atoms with Crippen molar-refractivity contribution in [2.75, 3.05) is 5.48 Å². The smallest absolute Gasteiger partial charge is 0.311 e. The summed E-state index contributed by atoms with van der Waals surface area (Å²) in [7, 11) is 0. The maximum Gasteiger partial charge on any atom is 0.311 e. The van der Waals surface area contributed by atoms with Crippen LogP contribution in [0.1, 0.15) is 5.56 Å². The molecule has 2 rings (SSSR count). The summed E-state index contributed by atoms with van der Waals surface area (Å²) in [6.07, 6.45) is 0. The van der Waals surface area contributed by atoms with Gasteiger partial charge in [-0.1, -0.05) is 0 Å². The van der Waals surface area contributed by atoms with Gasteiger partial charge < -0.3 is 5.21 Å². The van der Waals surface area contributed by atoms with E-state index in [-0.39, 0.29) is 5.56 Å². The van der Waals surface area contributed by atoms with Gasteiger partial charge in [-0.3, -0.25) is 20.2 Å². The van der Waals surface area contributed by atoms with Gasteiger partial charge in [0.05, 0.1) is 15.9 Å². The zero-order valence-electron chi connectivity index (χ0n) is 8.82. The molecule has 1 aromatic carbocycles. The van der Waals surface area contributed by atoms with Crippen molar-refractivity contribution in [3.63, 3.8) is 0 Å². The zero-order chi connectivity index (χ0) is 13.7. The number of hydrogen-bond acceptors (Lipinski definition) is 8. The van der Waals surface area contributed by atoms with E-state index in [4.69, 9.17) is 0 Å². The van der Waals surface area contributed by atoms with E-state index in [1.807, 2.05) is 5.48 Å². The first-order chi connectivity index (χ1) is 8.25. The van der Waals surface area contributed by atoms with Gasteiger partial charge >= 0.3 is 5.69 Å². The van der Waals surface area contributed by atoms with Crippen molar-refractivity contribution in [2.24, 2.45) is 0 Å². The second-order valence-corrected chi connectivity index (χ2v) is 3.49. The number of nitrogens with one attached hydrogen (secondary N) is 1. The Labute approximate surface area is 98.1 Å². The lowest BCUT2D eigenvalue weighted by atomic mass is 10.1. The van der Waals surface area contributed by atoms with Gasteiger partial charge in [0.1, 0.15) is 5.56 Å². The minimum absolute atomic E-state index is 0.248. The molecular formula is C7H6N4O7. The third-order valence-electron chi connectivity index (χ3n) is 2.46. The van der Waals surface area contributed by atoms with Crippen LogP contribution >= 0.6 is 0 Å². The molecule has 1 unspecified atom stereocenters. The van der Waals surface area contributed by atoms with Crippen LogP contribution in [0.5, 0.6) is 0 Å². The molecule has 0 fully saturated rings. The standard InChI is InChI=1S/C7H6N4O7/c1-3-4(9(12)13)2-5-6(7(3)10(14)15)8-18-11(5,16)17/h2,8,16H,1H3. The zero-order valence-corrected chi connectivity index (χ0v) is 8.82. The van der Waals surface area contributed by atoms with Crippen molar-refractivity contribution in [3.8, 4) is 0 Å². The van der Waals surface area contributed by atoms with Gasteiger partial charge in [-0.15, -0.1) is 0 Å². The predicted octanol–water partition coefficient (Wildman–Crippen LogP) is 1.28. The summed E-state index contributed by atoms with van der Waals surface area (Å²) in [5.41, 5.74) is -0.755. The lowest BCUT2D eigenvalue weighted by Gasteiger charge is -2.20. The molecular weight excluding hydrogens is 252 g/mol. The van der Waals surface area contributed by atoms with E-state index in [1.54, 1.807) is 0 Å². The SMILES string of the molecule is Cc1c([N+](=O)[O-])cc2c(c1[N+](=O)[O-])NO[N+]2([O-])O. The molecule has 0 saturated heterocycles. The molecule has 1 aliphatic heterocycles. The molecule has 0 aliphatic carbocycles. The predicted molar refractivity (Wildman–Crippen MR) is 56.1 cm³/mol. The number of anilines is 1. The first-order valence-corrected chi connectivity index (χ1v) is 4.50. The minimum atomic E-state index is -2.42. The number of rotatable bonds is 2. The van der Waals surface area contributed by atoms with Gasteiger partial charge in [-0.25, -0.2) is 0 Å². The highest BCUT2D eigenvalue weighted by molar-refractivity contribution is 5.84. The van der Waals surface area contributed by atoms with E-state index in [1.165, 1.54) is 0 Å². The fourth-order valence-corrected chi connectivity index (χ4v) is 1.64. The summed E-state index contributed by atoms with van der Waals surface area (Å²) in [6.45, 7) is 1.16. The van der Waals surface area contributed by atoms with Gasteiger partial charge in [-0.2, -0.15) is 10.7 Å². The van der Waals surface area contributed by atoms with Crippen LogP contribution in [0.4, 0.5) is 22.7 Å². The van der Waals surface area contributed by atoms with Crippen LogP contribution < -0.4 is 10.5 Å². The Morgan fingerprint density at radius 2 is 2.00 bits per heavy atom. The average Bonchev–Trinajstić information content (AvgIpc) is 2.52. The van der Waals surface area contributed by atoms with Crippen LogP contribution in [0.3, 0.4) is 0 Å². The Balaban J connectivity index is 2.83. The number of nitrogens with zero attached hydrogens (tertiary/aromatic N) is 3. The first-order valence-electron chi connectivity index (χ1n) is 4.50. The molecule has 96 valence electrons. The van der Waals surface area contributed by atoms with E-state index >= 15 is 0 Å². The molecule has 11 heteroatoms. The molecule has 18 heavy (non-hydrogen) atoms. The molecule has 0 bridgehead atoms. The number of nitro benzene ring substituents is 2. The molecule has 0 spiro atoms. The number of fused-ring (bicyclic) bond motifs is 1. The van der Waals surface area contributed by atoms with E-state index < -0.39 is 37.6 Å². The van der Waals surface area contributed by atoms with Crippen LogP contribution in [0.15, 0.2) is 6.07 Å². The Kier molecular flexibility index (Phi) is 2.41. The molecule has 1 atom stereocenters. The fraction of sp³-hybridized carbons (Fsp3) is 0.143. The van der Waals surface area contributed by atoms with Gasteiger partial charge in [0, 0.05) is 0 Å². The normalized spacial score (nSPS) is 21.3. The Bertz CT molecular complexity index is 569. The summed E-state index contributed by atoms with van der Waals surface area (Å²) in [6, 6.07) is 0.727. The van der Waals surface area contributed by atoms with Crippen molar-refractivity contribution in [2.45, 2.75) is 6.92 Å². The van der Waals surface area contributed by atoms with E-state index in [0.717, 1.165) is 13.0 Å². The highest BCUT2D eigenvalue weighted by atomic mass is 17.2. The molecule has 0 saturated carbocycles. The van der Waals surface area contributed by atoms with Gasteiger partial charge in [0.2, 0.25) is 11.4 Å². The molecule has 1 aliphatic rings. The van der Waals surface area contributed by atoms with Gasteiger partial charge in [0.25, 0.3) is 5.69 Å². The Morgan fingerprint density at radius 1 is 1.39 bits per heavy atom. The monoisotopic (exact) mass is 258 g/mol. The highest BCUT2D eigenvalue weighted by Crippen LogP contribution is 2.47. The molecule has 0 amide bonds. The number of hydrogen-bond donors (Lipinski definition) is 2. The van der Waals surface area contributed by atoms with Crippen molar-refractivity contribution in [1.29, 1.82) is 0 Å². The van der Waals surface area contributed by atoms with Crippen molar-refractivity contribution in [3.05, 3.63) is 37.1 Å². The molecule has 11 nitrogen and oxygen atoms in total. The largest absolute Gasteiger partial charge is 0.557 e. The summed E-state index contributed by atoms with van der Waals surface area (Å²) < 4.78 is 0. The average molecular weight is 258 g/mol. The maximum absolute atomic E-state index is 11.3. The summed E-state index contributed by atoms with van der Waals surface area (Å²) >= 11 is 0. The quantitative estimate of drug-likeness (QED) is 0.348. The summed E-state index contributed by atoms with van der Waals surface area (Å²) in [5.74, 6) is 0. The molecule has 0 aromatic heterocycles. The topological polar surface area (TPSA) is 151 Å². The first kappa shape index (κ1) is 12.1. The van der Waals surface area contributed by atoms with Crippen LogP contribution in [0.2, 0.25) is 0 Å². The highest BCUT2D eigenvalue weighted by Gasteiger charge is 2.43. The van der Waals surface area contributed by atoms with Crippen molar-refractivity contribution < 1.29 is 20.0 Å². The fourth-order valence-electron chi connectivity index (χ4n) is 1.64. The second kappa shape index (κ2) is 3.58. The van der Waals surface area contributed by atoms with Gasteiger partial charge in [0.15, 0.2) is 0 Å². The number of nitro groups is 2.